The molecule has 0 saturated heterocycles. The Bertz CT molecular complexity index is 942. The number of ether oxygens (including phenoxy) is 2. The largest absolute Gasteiger partial charge is 0.457 e. The van der Waals surface area contributed by atoms with Crippen molar-refractivity contribution in [2.75, 3.05) is 0 Å². The number of rotatable bonds is 4. The van der Waals surface area contributed by atoms with E-state index in [2.05, 4.69) is 4.99 Å². The van der Waals surface area contributed by atoms with Crippen molar-refractivity contribution in [2.24, 2.45) is 4.99 Å². The lowest BCUT2D eigenvalue weighted by Gasteiger charge is -2.06. The van der Waals surface area contributed by atoms with E-state index in [1.807, 2.05) is 72.1 Å². The van der Waals surface area contributed by atoms with Gasteiger partial charge in [0.2, 0.25) is 5.90 Å². The fourth-order valence-electron chi connectivity index (χ4n) is 2.33. The molecule has 1 aliphatic heterocycles. The third-order valence-electron chi connectivity index (χ3n) is 3.52. The first-order valence-corrected chi connectivity index (χ1v) is 8.55. The highest BCUT2D eigenvalue weighted by Gasteiger charge is 2.24. The van der Waals surface area contributed by atoms with Crippen LogP contribution in [0.25, 0.3) is 6.08 Å². The summed E-state index contributed by atoms with van der Waals surface area (Å²) < 4.78 is 11.0. The van der Waals surface area contributed by atoms with Crippen molar-refractivity contribution >= 4 is 29.3 Å². The van der Waals surface area contributed by atoms with Crippen LogP contribution in [0.3, 0.4) is 0 Å². The average Bonchev–Trinajstić information content (AvgIpc) is 3.27. The number of cyclic esters (lactones) is 1. The Hall–Kier alpha value is -3.18. The van der Waals surface area contributed by atoms with E-state index < -0.39 is 5.97 Å². The second-order valence-electron chi connectivity index (χ2n) is 5.29. The van der Waals surface area contributed by atoms with Crippen LogP contribution in [-0.2, 0) is 9.53 Å². The van der Waals surface area contributed by atoms with Crippen LogP contribution in [0.5, 0.6) is 11.5 Å². The number of carbonyl (C=O) groups is 1. The van der Waals surface area contributed by atoms with Crippen molar-refractivity contribution in [2.45, 2.75) is 0 Å². The van der Waals surface area contributed by atoms with Gasteiger partial charge in [-0.3, -0.25) is 0 Å². The van der Waals surface area contributed by atoms with E-state index in [1.165, 1.54) is 0 Å². The molecule has 1 aliphatic rings. The van der Waals surface area contributed by atoms with E-state index in [0.717, 1.165) is 16.2 Å². The van der Waals surface area contributed by atoms with Crippen molar-refractivity contribution in [3.63, 3.8) is 0 Å². The summed E-state index contributed by atoms with van der Waals surface area (Å²) in [5, 5.41) is 1.95. The van der Waals surface area contributed by atoms with Crippen LogP contribution in [-0.4, -0.2) is 11.9 Å². The van der Waals surface area contributed by atoms with E-state index in [9.17, 15) is 4.79 Å². The van der Waals surface area contributed by atoms with Gasteiger partial charge in [0.15, 0.2) is 5.70 Å². The number of aliphatic imine (C=N–C) groups is 1. The van der Waals surface area contributed by atoms with Crippen LogP contribution < -0.4 is 4.74 Å². The lowest BCUT2D eigenvalue weighted by atomic mass is 10.2. The zero-order valence-corrected chi connectivity index (χ0v) is 13.9. The second kappa shape index (κ2) is 6.75. The standard InChI is InChI=1S/C20H13NO3S/c22-20-18(13-17-7-4-12-25-17)21-19(24-20)14-8-10-16(11-9-14)23-15-5-2-1-3-6-15/h1-13H/b18-13+. The maximum atomic E-state index is 12.0. The molecule has 5 heteroatoms. The van der Waals surface area contributed by atoms with Crippen molar-refractivity contribution in [1.82, 2.24) is 0 Å². The molecule has 0 unspecified atom stereocenters. The summed E-state index contributed by atoms with van der Waals surface area (Å²) in [6.45, 7) is 0. The number of benzene rings is 2. The predicted octanol–water partition coefficient (Wildman–Crippen LogP) is 4.88. The van der Waals surface area contributed by atoms with Crippen LogP contribution in [0.4, 0.5) is 0 Å². The third kappa shape index (κ3) is 3.51. The number of hydrogen-bond acceptors (Lipinski definition) is 5. The summed E-state index contributed by atoms with van der Waals surface area (Å²) in [5.41, 5.74) is 1.03. The quantitative estimate of drug-likeness (QED) is 0.499. The summed E-state index contributed by atoms with van der Waals surface area (Å²) in [6.07, 6.45) is 1.73. The van der Waals surface area contributed by atoms with Gasteiger partial charge in [-0.2, -0.15) is 0 Å². The van der Waals surface area contributed by atoms with Gasteiger partial charge in [-0.15, -0.1) is 11.3 Å². The number of para-hydroxylation sites is 1. The summed E-state index contributed by atoms with van der Waals surface area (Å²) in [7, 11) is 0. The number of esters is 1. The molecule has 4 rings (SSSR count). The molecule has 0 atom stereocenters. The highest BCUT2D eigenvalue weighted by molar-refractivity contribution is 7.10. The Balaban J connectivity index is 1.53. The predicted molar refractivity (Wildman–Crippen MR) is 97.9 cm³/mol. The first-order chi connectivity index (χ1) is 12.3. The summed E-state index contributed by atoms with van der Waals surface area (Å²) in [4.78, 5) is 17.2. The van der Waals surface area contributed by atoms with Crippen molar-refractivity contribution in [3.05, 3.63) is 88.2 Å². The number of nitrogens with zero attached hydrogens (tertiary/aromatic N) is 1. The lowest BCUT2D eigenvalue weighted by molar-refractivity contribution is -0.129. The fourth-order valence-corrected chi connectivity index (χ4v) is 2.98. The first kappa shape index (κ1) is 15.4. The molecule has 0 N–H and O–H groups in total. The van der Waals surface area contributed by atoms with E-state index in [1.54, 1.807) is 17.4 Å². The highest BCUT2D eigenvalue weighted by atomic mass is 32.1. The lowest BCUT2D eigenvalue weighted by Crippen LogP contribution is -2.05. The molecule has 2 heterocycles. The van der Waals surface area contributed by atoms with Crippen LogP contribution >= 0.6 is 11.3 Å². The van der Waals surface area contributed by atoms with Gasteiger partial charge in [-0.1, -0.05) is 24.3 Å². The molecule has 122 valence electrons. The smallest absolute Gasteiger partial charge is 0.363 e. The van der Waals surface area contributed by atoms with Gasteiger partial charge in [-0.05, 0) is 53.9 Å². The number of carbonyl (C=O) groups excluding carboxylic acids is 1. The second-order valence-corrected chi connectivity index (χ2v) is 6.27. The molecule has 0 fully saturated rings. The molecule has 0 amide bonds. The monoisotopic (exact) mass is 347 g/mol. The van der Waals surface area contributed by atoms with Crippen LogP contribution in [0.1, 0.15) is 10.4 Å². The van der Waals surface area contributed by atoms with Gasteiger partial charge in [-0.25, -0.2) is 9.79 Å². The van der Waals surface area contributed by atoms with Crippen molar-refractivity contribution < 1.29 is 14.3 Å². The molecule has 25 heavy (non-hydrogen) atoms. The highest BCUT2D eigenvalue weighted by Crippen LogP contribution is 2.24. The molecule has 0 aliphatic carbocycles. The molecule has 3 aromatic rings. The summed E-state index contributed by atoms with van der Waals surface area (Å²) in [5.74, 6) is 1.34. The molecule has 4 nitrogen and oxygen atoms in total. The summed E-state index contributed by atoms with van der Waals surface area (Å²) >= 11 is 1.54. The minimum atomic E-state index is -0.437. The third-order valence-corrected chi connectivity index (χ3v) is 4.34. The van der Waals surface area contributed by atoms with Crippen LogP contribution in [0.2, 0.25) is 0 Å². The number of thiophene rings is 1. The fraction of sp³-hybridized carbons (Fsp3) is 0. The van der Waals surface area contributed by atoms with E-state index in [0.29, 0.717) is 17.3 Å². The van der Waals surface area contributed by atoms with Crippen LogP contribution in [0.15, 0.2) is 82.8 Å². The average molecular weight is 347 g/mol. The first-order valence-electron chi connectivity index (χ1n) is 7.67. The van der Waals surface area contributed by atoms with E-state index >= 15 is 0 Å². The molecule has 0 bridgehead atoms. The molecule has 2 aromatic carbocycles. The molecular weight excluding hydrogens is 334 g/mol. The topological polar surface area (TPSA) is 47.9 Å². The van der Waals surface area contributed by atoms with Crippen molar-refractivity contribution in [3.8, 4) is 11.5 Å². The zero-order chi connectivity index (χ0) is 17.1. The molecule has 1 aromatic heterocycles. The Morgan fingerprint density at radius 3 is 2.40 bits per heavy atom. The molecule has 0 saturated carbocycles. The van der Waals surface area contributed by atoms with Gasteiger partial charge in [0.05, 0.1) is 0 Å². The van der Waals surface area contributed by atoms with E-state index in [-0.39, 0.29) is 0 Å². The number of hydrogen-bond donors (Lipinski definition) is 0. The Morgan fingerprint density at radius 1 is 0.920 bits per heavy atom. The Labute approximate surface area is 148 Å². The maximum absolute atomic E-state index is 12.0. The summed E-state index contributed by atoms with van der Waals surface area (Å²) in [6, 6.07) is 20.7. The normalized spacial score (nSPS) is 15.1. The minimum absolute atomic E-state index is 0.305. The molecule has 0 spiro atoms. The molecular formula is C20H13NO3S. The van der Waals surface area contributed by atoms with Gasteiger partial charge in [0.1, 0.15) is 11.5 Å². The zero-order valence-electron chi connectivity index (χ0n) is 13.1. The van der Waals surface area contributed by atoms with Gasteiger partial charge < -0.3 is 9.47 Å². The van der Waals surface area contributed by atoms with Gasteiger partial charge >= 0.3 is 5.97 Å². The molecule has 0 radical (unpaired) electrons. The van der Waals surface area contributed by atoms with E-state index in [4.69, 9.17) is 9.47 Å². The van der Waals surface area contributed by atoms with Crippen molar-refractivity contribution in [1.29, 1.82) is 0 Å². The SMILES string of the molecule is O=C1OC(c2ccc(Oc3ccccc3)cc2)=N/C1=C/c1cccs1. The maximum Gasteiger partial charge on any atom is 0.363 e. The van der Waals surface area contributed by atoms with Gasteiger partial charge in [0, 0.05) is 10.4 Å². The Kier molecular flexibility index (Phi) is 4.14. The van der Waals surface area contributed by atoms with Crippen LogP contribution in [0, 0.1) is 0 Å². The Morgan fingerprint density at radius 2 is 1.68 bits per heavy atom. The minimum Gasteiger partial charge on any atom is -0.457 e. The van der Waals surface area contributed by atoms with Gasteiger partial charge in [0.25, 0.3) is 0 Å².